The summed E-state index contributed by atoms with van der Waals surface area (Å²) >= 11 is 0. The molecule has 208 valence electrons. The normalized spacial score (nSPS) is 15.3. The topological polar surface area (TPSA) is 113 Å². The molecule has 8 nitrogen and oxygen atoms in total. The van der Waals surface area contributed by atoms with Crippen LogP contribution in [-0.4, -0.2) is 46.2 Å². The van der Waals surface area contributed by atoms with Gasteiger partial charge in [-0.05, 0) is 74.4 Å². The van der Waals surface area contributed by atoms with Gasteiger partial charge in [0, 0.05) is 19.6 Å². The van der Waals surface area contributed by atoms with Crippen molar-refractivity contribution in [2.24, 2.45) is 0 Å². The lowest BCUT2D eigenvalue weighted by atomic mass is 10.1. The van der Waals surface area contributed by atoms with Crippen LogP contribution in [0.2, 0.25) is 0 Å². The number of nitrogens with zero attached hydrogens (tertiary/aromatic N) is 1. The molecule has 1 amide bonds. The van der Waals surface area contributed by atoms with E-state index in [1.54, 1.807) is 50.2 Å². The van der Waals surface area contributed by atoms with Crippen molar-refractivity contribution in [1.82, 2.24) is 14.3 Å². The van der Waals surface area contributed by atoms with Crippen molar-refractivity contribution < 1.29 is 21.6 Å². The molecule has 3 aromatic carbocycles. The summed E-state index contributed by atoms with van der Waals surface area (Å²) in [5, 5.41) is 2.82. The van der Waals surface area contributed by atoms with Gasteiger partial charge in [-0.3, -0.25) is 4.79 Å². The van der Waals surface area contributed by atoms with E-state index in [4.69, 9.17) is 0 Å². The van der Waals surface area contributed by atoms with E-state index in [-0.39, 0.29) is 22.8 Å². The number of sulfonamides is 2. The van der Waals surface area contributed by atoms with Crippen LogP contribution in [0, 0.1) is 20.8 Å². The number of hydrogen-bond donors (Lipinski definition) is 2. The minimum atomic E-state index is -4.00. The fourth-order valence-corrected chi connectivity index (χ4v) is 8.21. The van der Waals surface area contributed by atoms with Crippen molar-refractivity contribution >= 4 is 26.0 Å². The van der Waals surface area contributed by atoms with E-state index in [0.29, 0.717) is 29.8 Å². The fraction of sp³-hybridized carbons (Fsp3) is 0.345. The van der Waals surface area contributed by atoms with Crippen molar-refractivity contribution in [2.75, 3.05) is 13.1 Å². The molecule has 1 saturated heterocycles. The number of carbonyl (C=O) groups excluding carboxylic acids is 1. The van der Waals surface area contributed by atoms with Crippen LogP contribution in [0.15, 0.2) is 76.5 Å². The van der Waals surface area contributed by atoms with Gasteiger partial charge in [0.1, 0.15) is 6.04 Å². The Morgan fingerprint density at radius 3 is 2.03 bits per heavy atom. The minimum absolute atomic E-state index is 0.123. The standard InChI is InChI=1S/C29H35N3O5S2/c1-21-17-22(2)28(23(3)18-21)38(34,35)31-27(19-24-9-5-4-6-10-24)29(33)30-20-25-11-13-26(14-12-25)39(36,37)32-15-7-8-16-32/h4-6,9-14,17-18,27,31H,7-8,15-16,19-20H2,1-3H3,(H,30,33). The number of carbonyl (C=O) groups is 1. The van der Waals surface area contributed by atoms with E-state index in [2.05, 4.69) is 10.0 Å². The molecular formula is C29H35N3O5S2. The Labute approximate surface area is 231 Å². The molecule has 4 rings (SSSR count). The number of amides is 1. The van der Waals surface area contributed by atoms with Crippen LogP contribution in [0.3, 0.4) is 0 Å². The summed E-state index contributed by atoms with van der Waals surface area (Å²) in [6.45, 7) is 6.58. The van der Waals surface area contributed by atoms with Gasteiger partial charge in [-0.15, -0.1) is 0 Å². The largest absolute Gasteiger partial charge is 0.351 e. The quantitative estimate of drug-likeness (QED) is 0.388. The van der Waals surface area contributed by atoms with Crippen molar-refractivity contribution in [3.63, 3.8) is 0 Å². The molecule has 1 atom stereocenters. The highest BCUT2D eigenvalue weighted by Crippen LogP contribution is 2.23. The van der Waals surface area contributed by atoms with E-state index in [9.17, 15) is 21.6 Å². The molecule has 1 unspecified atom stereocenters. The molecule has 0 spiro atoms. The fourth-order valence-electron chi connectivity index (χ4n) is 5.04. The van der Waals surface area contributed by atoms with Gasteiger partial charge in [-0.1, -0.05) is 60.2 Å². The Kier molecular flexibility index (Phi) is 8.90. The van der Waals surface area contributed by atoms with Crippen LogP contribution < -0.4 is 10.0 Å². The average Bonchev–Trinajstić information content (AvgIpc) is 3.43. The predicted molar refractivity (Wildman–Crippen MR) is 151 cm³/mol. The molecule has 1 aliphatic heterocycles. The number of nitrogens with one attached hydrogen (secondary N) is 2. The van der Waals surface area contributed by atoms with Crippen molar-refractivity contribution in [2.45, 2.75) is 62.4 Å². The Balaban J connectivity index is 1.51. The van der Waals surface area contributed by atoms with Crippen LogP contribution in [0.4, 0.5) is 0 Å². The molecule has 1 fully saturated rings. The van der Waals surface area contributed by atoms with E-state index in [1.807, 2.05) is 37.3 Å². The Hall–Kier alpha value is -3.05. The predicted octanol–water partition coefficient (Wildman–Crippen LogP) is 3.60. The zero-order valence-electron chi connectivity index (χ0n) is 22.5. The number of aryl methyl sites for hydroxylation is 3. The van der Waals surface area contributed by atoms with Crippen molar-refractivity contribution in [3.8, 4) is 0 Å². The first-order chi connectivity index (χ1) is 18.5. The van der Waals surface area contributed by atoms with Crippen LogP contribution >= 0.6 is 0 Å². The lowest BCUT2D eigenvalue weighted by molar-refractivity contribution is -0.122. The third kappa shape index (κ3) is 6.94. The summed E-state index contributed by atoms with van der Waals surface area (Å²) in [5.41, 5.74) is 3.71. The van der Waals surface area contributed by atoms with Crippen molar-refractivity contribution in [3.05, 3.63) is 94.5 Å². The van der Waals surface area contributed by atoms with Gasteiger partial charge in [0.15, 0.2) is 0 Å². The highest BCUT2D eigenvalue weighted by Gasteiger charge is 2.29. The van der Waals surface area contributed by atoms with Crippen LogP contribution in [0.25, 0.3) is 0 Å². The maximum absolute atomic E-state index is 13.5. The number of benzene rings is 3. The third-order valence-corrected chi connectivity index (χ3v) is 10.6. The Morgan fingerprint density at radius 1 is 0.846 bits per heavy atom. The molecule has 3 aromatic rings. The first-order valence-corrected chi connectivity index (χ1v) is 15.9. The van der Waals surface area contributed by atoms with E-state index < -0.39 is 32.0 Å². The molecule has 0 bridgehead atoms. The molecule has 0 aromatic heterocycles. The zero-order valence-corrected chi connectivity index (χ0v) is 24.1. The molecule has 10 heteroatoms. The summed E-state index contributed by atoms with van der Waals surface area (Å²) < 4.78 is 56.6. The summed E-state index contributed by atoms with van der Waals surface area (Å²) in [7, 11) is -7.52. The SMILES string of the molecule is Cc1cc(C)c(S(=O)(=O)NC(Cc2ccccc2)C(=O)NCc2ccc(S(=O)(=O)N3CCCC3)cc2)c(C)c1. The van der Waals surface area contributed by atoms with Crippen LogP contribution in [0.1, 0.15) is 40.7 Å². The Bertz CT molecular complexity index is 1510. The lowest BCUT2D eigenvalue weighted by Crippen LogP contribution is -2.48. The first kappa shape index (κ1) is 28.9. The third-order valence-electron chi connectivity index (χ3n) is 6.86. The molecule has 39 heavy (non-hydrogen) atoms. The highest BCUT2D eigenvalue weighted by molar-refractivity contribution is 7.89. The summed E-state index contributed by atoms with van der Waals surface area (Å²) in [6.07, 6.45) is 1.89. The van der Waals surface area contributed by atoms with Gasteiger partial charge in [0.2, 0.25) is 26.0 Å². The molecule has 0 radical (unpaired) electrons. The van der Waals surface area contributed by atoms with E-state index in [1.165, 1.54) is 4.31 Å². The molecule has 1 aliphatic rings. The molecule has 1 heterocycles. The second-order valence-electron chi connectivity index (χ2n) is 10.1. The zero-order chi connectivity index (χ0) is 28.2. The van der Waals surface area contributed by atoms with Gasteiger partial charge in [0.25, 0.3) is 0 Å². The number of rotatable bonds is 10. The minimum Gasteiger partial charge on any atom is -0.351 e. The lowest BCUT2D eigenvalue weighted by Gasteiger charge is -2.21. The number of hydrogen-bond acceptors (Lipinski definition) is 5. The van der Waals surface area contributed by atoms with Gasteiger partial charge in [-0.2, -0.15) is 9.03 Å². The molecular weight excluding hydrogens is 534 g/mol. The maximum Gasteiger partial charge on any atom is 0.243 e. The summed E-state index contributed by atoms with van der Waals surface area (Å²) in [5.74, 6) is -0.474. The van der Waals surface area contributed by atoms with Crippen LogP contribution in [-0.2, 0) is 37.8 Å². The second kappa shape index (κ2) is 12.0. The monoisotopic (exact) mass is 569 g/mol. The Morgan fingerprint density at radius 2 is 1.44 bits per heavy atom. The maximum atomic E-state index is 13.5. The average molecular weight is 570 g/mol. The molecule has 2 N–H and O–H groups in total. The van der Waals surface area contributed by atoms with Crippen molar-refractivity contribution in [1.29, 1.82) is 0 Å². The van der Waals surface area contributed by atoms with Gasteiger partial charge >= 0.3 is 0 Å². The smallest absolute Gasteiger partial charge is 0.243 e. The van der Waals surface area contributed by atoms with E-state index >= 15 is 0 Å². The van der Waals surface area contributed by atoms with Gasteiger partial charge in [-0.25, -0.2) is 16.8 Å². The summed E-state index contributed by atoms with van der Waals surface area (Å²) in [4.78, 5) is 13.7. The first-order valence-electron chi connectivity index (χ1n) is 13.0. The van der Waals surface area contributed by atoms with Gasteiger partial charge < -0.3 is 5.32 Å². The molecule has 0 saturated carbocycles. The van der Waals surface area contributed by atoms with Crippen LogP contribution in [0.5, 0.6) is 0 Å². The summed E-state index contributed by atoms with van der Waals surface area (Å²) in [6, 6.07) is 18.2. The second-order valence-corrected chi connectivity index (χ2v) is 13.7. The van der Waals surface area contributed by atoms with Gasteiger partial charge in [0.05, 0.1) is 9.79 Å². The van der Waals surface area contributed by atoms with E-state index in [0.717, 1.165) is 24.0 Å². The molecule has 0 aliphatic carbocycles. The highest BCUT2D eigenvalue weighted by atomic mass is 32.2.